The van der Waals surface area contributed by atoms with Gasteiger partial charge >= 0.3 is 0 Å². The van der Waals surface area contributed by atoms with Gasteiger partial charge < -0.3 is 6.92 Å². The number of hydrogen-bond acceptors (Lipinski definition) is 0. The smallest absolute Gasteiger partial charge is 0 e. The van der Waals surface area contributed by atoms with Crippen LogP contribution in [0.2, 0.25) is 0 Å². The largest absolute Gasteiger partial charge is 0.343 e. The third-order valence-electron chi connectivity index (χ3n) is 1.85. The van der Waals surface area contributed by atoms with Crippen molar-refractivity contribution in [2.45, 2.75) is 58.3 Å². The summed E-state index contributed by atoms with van der Waals surface area (Å²) in [5.74, 6) is 0. The molecule has 71 valence electrons. The van der Waals surface area contributed by atoms with Crippen LogP contribution in [0.5, 0.6) is 0 Å². The molecule has 0 aromatic rings. The van der Waals surface area contributed by atoms with Crippen LogP contribution in [-0.4, -0.2) is 0 Å². The minimum absolute atomic E-state index is 0. The molecule has 0 aliphatic heterocycles. The second-order valence-corrected chi connectivity index (χ2v) is 2.97. The number of unbranched alkanes of at least 4 members (excludes halogenated alkanes) is 7. The Morgan fingerprint density at radius 1 is 0.818 bits per heavy atom. The van der Waals surface area contributed by atoms with Crippen LogP contribution in [0.3, 0.4) is 0 Å². The fraction of sp³-hybridized carbons (Fsp3) is 0.900. The van der Waals surface area contributed by atoms with E-state index < -0.39 is 0 Å². The SMILES string of the molecule is [CH2-]CCCCCCCCC.[Co]. The van der Waals surface area contributed by atoms with Crippen molar-refractivity contribution in [2.24, 2.45) is 0 Å². The average Bonchev–Trinajstić information content (AvgIpc) is 1.97. The quantitative estimate of drug-likeness (QED) is 0.431. The Morgan fingerprint density at radius 3 is 1.73 bits per heavy atom. The molecule has 0 atom stereocenters. The Hall–Kier alpha value is 0.506. The molecule has 0 N–H and O–H groups in total. The van der Waals surface area contributed by atoms with Crippen LogP contribution in [0.15, 0.2) is 0 Å². The molecule has 0 rings (SSSR count). The van der Waals surface area contributed by atoms with Crippen LogP contribution in [0.4, 0.5) is 0 Å². The summed E-state index contributed by atoms with van der Waals surface area (Å²) < 4.78 is 0. The molecular weight excluding hydrogens is 179 g/mol. The molecule has 0 spiro atoms. The zero-order valence-corrected chi connectivity index (χ0v) is 8.74. The molecule has 0 saturated heterocycles. The zero-order chi connectivity index (χ0) is 7.66. The van der Waals surface area contributed by atoms with Crippen LogP contribution in [0.25, 0.3) is 0 Å². The summed E-state index contributed by atoms with van der Waals surface area (Å²) in [6.45, 7) is 6.08. The van der Waals surface area contributed by atoms with Gasteiger partial charge in [0.25, 0.3) is 0 Å². The van der Waals surface area contributed by atoms with Crippen molar-refractivity contribution in [3.05, 3.63) is 6.92 Å². The zero-order valence-electron chi connectivity index (χ0n) is 7.70. The van der Waals surface area contributed by atoms with Gasteiger partial charge in [0.1, 0.15) is 0 Å². The Bertz CT molecular complexity index is 44.8. The maximum Gasteiger partial charge on any atom is 0 e. The van der Waals surface area contributed by atoms with Crippen molar-refractivity contribution in [1.29, 1.82) is 0 Å². The standard InChI is InChI=1S/C10H21.Co/c1-3-5-7-9-10-8-6-4-2;/h1,3-10H2,2H3;/q-1;. The Morgan fingerprint density at radius 2 is 1.27 bits per heavy atom. The third-order valence-corrected chi connectivity index (χ3v) is 1.85. The van der Waals surface area contributed by atoms with E-state index in [9.17, 15) is 0 Å². The molecule has 0 saturated carbocycles. The van der Waals surface area contributed by atoms with Crippen molar-refractivity contribution >= 4 is 0 Å². The van der Waals surface area contributed by atoms with E-state index in [1.165, 1.54) is 44.9 Å². The van der Waals surface area contributed by atoms with E-state index in [-0.39, 0.29) is 16.8 Å². The Kier molecular flexibility index (Phi) is 16.8. The van der Waals surface area contributed by atoms with Gasteiger partial charge in [-0.15, -0.1) is 0 Å². The Labute approximate surface area is 82.3 Å². The van der Waals surface area contributed by atoms with Crippen LogP contribution >= 0.6 is 0 Å². The summed E-state index contributed by atoms with van der Waals surface area (Å²) in [5, 5.41) is 0. The van der Waals surface area contributed by atoms with E-state index in [4.69, 9.17) is 0 Å². The summed E-state index contributed by atoms with van der Waals surface area (Å²) >= 11 is 0. The normalized spacial score (nSPS) is 9.27. The maximum absolute atomic E-state index is 3.82. The predicted octanol–water partition coefficient (Wildman–Crippen LogP) is 3.96. The van der Waals surface area contributed by atoms with Crippen LogP contribution in [0, 0.1) is 6.92 Å². The monoisotopic (exact) mass is 200 g/mol. The average molecular weight is 200 g/mol. The fourth-order valence-electron chi connectivity index (χ4n) is 1.13. The van der Waals surface area contributed by atoms with Gasteiger partial charge in [0.15, 0.2) is 0 Å². The molecular formula is C10H21Co-. The summed E-state index contributed by atoms with van der Waals surface area (Å²) in [4.78, 5) is 0. The van der Waals surface area contributed by atoms with Gasteiger partial charge in [-0.3, -0.25) is 0 Å². The van der Waals surface area contributed by atoms with Gasteiger partial charge in [-0.05, 0) is 0 Å². The minimum atomic E-state index is 0. The predicted molar refractivity (Wildman–Crippen MR) is 48.0 cm³/mol. The molecule has 0 aromatic carbocycles. The van der Waals surface area contributed by atoms with Gasteiger partial charge in [-0.1, -0.05) is 51.9 Å². The summed E-state index contributed by atoms with van der Waals surface area (Å²) in [7, 11) is 0. The topological polar surface area (TPSA) is 0 Å². The summed E-state index contributed by atoms with van der Waals surface area (Å²) in [6, 6.07) is 0. The first-order valence-electron chi connectivity index (χ1n) is 4.71. The molecule has 1 heteroatoms. The van der Waals surface area contributed by atoms with Crippen LogP contribution in [-0.2, 0) is 16.8 Å². The van der Waals surface area contributed by atoms with E-state index in [2.05, 4.69) is 13.8 Å². The van der Waals surface area contributed by atoms with Gasteiger partial charge in [0, 0.05) is 16.8 Å². The molecule has 0 bridgehead atoms. The van der Waals surface area contributed by atoms with E-state index in [1.807, 2.05) is 0 Å². The van der Waals surface area contributed by atoms with Crippen molar-refractivity contribution < 1.29 is 16.8 Å². The van der Waals surface area contributed by atoms with E-state index >= 15 is 0 Å². The van der Waals surface area contributed by atoms with Gasteiger partial charge in [-0.25, -0.2) is 0 Å². The summed E-state index contributed by atoms with van der Waals surface area (Å²) in [5.41, 5.74) is 0. The molecule has 11 heavy (non-hydrogen) atoms. The molecule has 0 aromatic heterocycles. The van der Waals surface area contributed by atoms with Crippen molar-refractivity contribution in [1.82, 2.24) is 0 Å². The molecule has 0 unspecified atom stereocenters. The second-order valence-electron chi connectivity index (χ2n) is 2.97. The molecule has 1 radical (unpaired) electrons. The van der Waals surface area contributed by atoms with Gasteiger partial charge in [0.05, 0.1) is 0 Å². The molecule has 0 nitrogen and oxygen atoms in total. The first-order chi connectivity index (χ1) is 4.91. The first-order valence-corrected chi connectivity index (χ1v) is 4.71. The van der Waals surface area contributed by atoms with Crippen LogP contribution < -0.4 is 0 Å². The molecule has 0 aliphatic carbocycles. The van der Waals surface area contributed by atoms with Crippen molar-refractivity contribution in [3.63, 3.8) is 0 Å². The maximum atomic E-state index is 3.82. The fourth-order valence-corrected chi connectivity index (χ4v) is 1.13. The molecule has 0 fully saturated rings. The minimum Gasteiger partial charge on any atom is -0.343 e. The Balaban J connectivity index is 0. The van der Waals surface area contributed by atoms with Crippen molar-refractivity contribution in [2.75, 3.05) is 0 Å². The van der Waals surface area contributed by atoms with E-state index in [0.717, 1.165) is 6.42 Å². The van der Waals surface area contributed by atoms with Crippen molar-refractivity contribution in [3.8, 4) is 0 Å². The number of hydrogen-bond donors (Lipinski definition) is 0. The van der Waals surface area contributed by atoms with E-state index in [0.29, 0.717) is 0 Å². The second kappa shape index (κ2) is 13.1. The number of rotatable bonds is 7. The van der Waals surface area contributed by atoms with Gasteiger partial charge in [-0.2, -0.15) is 6.42 Å². The van der Waals surface area contributed by atoms with Gasteiger partial charge in [0.2, 0.25) is 0 Å². The molecule has 0 aliphatic rings. The third kappa shape index (κ3) is 13.5. The van der Waals surface area contributed by atoms with Crippen LogP contribution in [0.1, 0.15) is 58.3 Å². The first kappa shape index (κ1) is 14.1. The summed E-state index contributed by atoms with van der Waals surface area (Å²) in [6.07, 6.45) is 10.9. The molecule has 0 amide bonds. The molecule has 0 heterocycles. The van der Waals surface area contributed by atoms with E-state index in [1.54, 1.807) is 0 Å².